The number of ether oxygens (including phenoxy) is 1. The van der Waals surface area contributed by atoms with Gasteiger partial charge >= 0.3 is 12.3 Å². The molecule has 0 heterocycles. The molecule has 2 rings (SSSR count). The Morgan fingerprint density at radius 3 is 2.29 bits per heavy atom. The van der Waals surface area contributed by atoms with Crippen LogP contribution in [0.4, 0.5) is 22.4 Å². The van der Waals surface area contributed by atoms with E-state index in [9.17, 15) is 27.2 Å². The second-order valence-corrected chi connectivity index (χ2v) is 8.37. The van der Waals surface area contributed by atoms with E-state index < -0.39 is 36.0 Å². The number of carbonyl (C=O) groups excluding carboxylic acids is 2. The van der Waals surface area contributed by atoms with Gasteiger partial charge in [0, 0.05) is 20.6 Å². The van der Waals surface area contributed by atoms with Crippen LogP contribution >= 0.6 is 23.2 Å². The molecule has 2 amide bonds. The SMILES string of the molecule is C=CC[C@@](CN(C)C(=O)CC(F)(F)F)(c1ccc(Cl)c(Cl)c1)N(C)C(=O)Oc1ccccc1F. The van der Waals surface area contributed by atoms with Crippen molar-refractivity contribution in [2.75, 3.05) is 20.6 Å². The molecule has 0 aromatic heterocycles. The Hall–Kier alpha value is -2.78. The molecule has 0 unspecified atom stereocenters. The van der Waals surface area contributed by atoms with Gasteiger partial charge in [0.15, 0.2) is 11.6 Å². The van der Waals surface area contributed by atoms with Crippen LogP contribution in [-0.2, 0) is 10.3 Å². The average molecular weight is 521 g/mol. The number of nitrogens with zero attached hydrogens (tertiary/aromatic N) is 2. The lowest BCUT2D eigenvalue weighted by molar-refractivity contribution is -0.161. The van der Waals surface area contributed by atoms with Crippen LogP contribution in [0, 0.1) is 5.82 Å². The van der Waals surface area contributed by atoms with E-state index in [4.69, 9.17) is 27.9 Å². The maximum Gasteiger partial charge on any atom is 0.415 e. The van der Waals surface area contributed by atoms with Crippen LogP contribution in [0.5, 0.6) is 5.75 Å². The van der Waals surface area contributed by atoms with Crippen molar-refractivity contribution >= 4 is 35.2 Å². The fourth-order valence-corrected chi connectivity index (χ4v) is 3.68. The first kappa shape index (κ1) is 27.5. The van der Waals surface area contributed by atoms with E-state index in [2.05, 4.69) is 6.58 Å². The summed E-state index contributed by atoms with van der Waals surface area (Å²) in [5.41, 5.74) is -1.13. The molecule has 0 fully saturated rings. The molecule has 0 aliphatic carbocycles. The number of amides is 2. The van der Waals surface area contributed by atoms with Crippen LogP contribution in [0.2, 0.25) is 10.0 Å². The summed E-state index contributed by atoms with van der Waals surface area (Å²) in [6.07, 6.45) is -6.01. The van der Waals surface area contributed by atoms with Crippen LogP contribution in [-0.4, -0.2) is 48.6 Å². The Bertz CT molecular complexity index is 1060. The summed E-state index contributed by atoms with van der Waals surface area (Å²) in [6, 6.07) is 9.62. The molecule has 34 heavy (non-hydrogen) atoms. The minimum Gasteiger partial charge on any atom is -0.407 e. The number of alkyl halides is 3. The van der Waals surface area contributed by atoms with E-state index >= 15 is 0 Å². The lowest BCUT2D eigenvalue weighted by atomic mass is 9.84. The van der Waals surface area contributed by atoms with Crippen molar-refractivity contribution in [1.29, 1.82) is 0 Å². The monoisotopic (exact) mass is 520 g/mol. The minimum absolute atomic E-state index is 0.0164. The third kappa shape index (κ3) is 6.64. The first-order valence-electron chi connectivity index (χ1n) is 9.88. The largest absolute Gasteiger partial charge is 0.415 e. The van der Waals surface area contributed by atoms with Crippen molar-refractivity contribution in [2.45, 2.75) is 24.6 Å². The zero-order valence-electron chi connectivity index (χ0n) is 18.3. The number of hydrogen-bond donors (Lipinski definition) is 0. The summed E-state index contributed by atoms with van der Waals surface area (Å²) in [6.45, 7) is 3.30. The van der Waals surface area contributed by atoms with E-state index in [1.165, 1.54) is 56.6 Å². The zero-order chi connectivity index (χ0) is 25.7. The summed E-state index contributed by atoms with van der Waals surface area (Å²) >= 11 is 12.2. The highest BCUT2D eigenvalue weighted by molar-refractivity contribution is 6.42. The Balaban J connectivity index is 2.54. The van der Waals surface area contributed by atoms with Gasteiger partial charge in [-0.3, -0.25) is 9.69 Å². The van der Waals surface area contributed by atoms with Gasteiger partial charge in [-0.05, 0) is 36.2 Å². The molecule has 1 atom stereocenters. The maximum atomic E-state index is 14.0. The molecular weight excluding hydrogens is 499 g/mol. The Morgan fingerprint density at radius 2 is 1.74 bits per heavy atom. The van der Waals surface area contributed by atoms with Gasteiger partial charge in [-0.15, -0.1) is 6.58 Å². The molecule has 5 nitrogen and oxygen atoms in total. The minimum atomic E-state index is -4.72. The first-order valence-corrected chi connectivity index (χ1v) is 10.6. The van der Waals surface area contributed by atoms with Crippen LogP contribution in [0.25, 0.3) is 0 Å². The number of carbonyl (C=O) groups is 2. The van der Waals surface area contributed by atoms with Gasteiger partial charge in [0.2, 0.25) is 5.91 Å². The molecule has 0 radical (unpaired) electrons. The number of halogens is 6. The van der Waals surface area contributed by atoms with Gasteiger partial charge in [-0.1, -0.05) is 47.5 Å². The lowest BCUT2D eigenvalue weighted by Crippen LogP contribution is -2.55. The van der Waals surface area contributed by atoms with Crippen molar-refractivity contribution in [3.8, 4) is 5.75 Å². The molecule has 2 aromatic carbocycles. The second-order valence-electron chi connectivity index (χ2n) is 7.55. The molecule has 0 spiro atoms. The molecule has 0 bridgehead atoms. The lowest BCUT2D eigenvalue weighted by Gasteiger charge is -2.43. The molecule has 0 saturated heterocycles. The summed E-state index contributed by atoms with van der Waals surface area (Å²) < 4.78 is 57.7. The smallest absolute Gasteiger partial charge is 0.407 e. The van der Waals surface area contributed by atoms with Gasteiger partial charge < -0.3 is 9.64 Å². The van der Waals surface area contributed by atoms with Gasteiger partial charge in [-0.2, -0.15) is 13.2 Å². The van der Waals surface area contributed by atoms with Gasteiger partial charge in [0.25, 0.3) is 0 Å². The molecular formula is C23H22Cl2F4N2O3. The van der Waals surface area contributed by atoms with E-state index in [1.54, 1.807) is 0 Å². The highest BCUT2D eigenvalue weighted by Crippen LogP contribution is 2.37. The average Bonchev–Trinajstić information content (AvgIpc) is 2.75. The standard InChI is InChI=1S/C23H22Cl2F4N2O3/c1-4-11-22(15-9-10-16(24)17(25)12-15,14-30(2)20(32)13-23(27,28)29)31(3)21(33)34-19-8-6-5-7-18(19)26/h4-10,12H,1,11,13-14H2,2-3H3/t22-/m1/s1. The van der Waals surface area contributed by atoms with Crippen molar-refractivity contribution in [3.05, 3.63) is 76.5 Å². The summed E-state index contributed by atoms with van der Waals surface area (Å²) in [4.78, 5) is 27.2. The van der Waals surface area contributed by atoms with E-state index in [-0.39, 0.29) is 28.8 Å². The van der Waals surface area contributed by atoms with Crippen molar-refractivity contribution in [3.63, 3.8) is 0 Å². The molecule has 2 aromatic rings. The topological polar surface area (TPSA) is 49.9 Å². The fraction of sp³-hybridized carbons (Fsp3) is 0.304. The number of benzene rings is 2. The number of para-hydroxylation sites is 1. The summed E-state index contributed by atoms with van der Waals surface area (Å²) in [7, 11) is 2.50. The van der Waals surface area contributed by atoms with Crippen LogP contribution < -0.4 is 4.74 Å². The fourth-order valence-electron chi connectivity index (χ4n) is 3.39. The predicted octanol–water partition coefficient (Wildman–Crippen LogP) is 6.45. The van der Waals surface area contributed by atoms with Gasteiger partial charge in [0.1, 0.15) is 6.42 Å². The predicted molar refractivity (Wildman–Crippen MR) is 121 cm³/mol. The summed E-state index contributed by atoms with van der Waals surface area (Å²) in [5, 5.41) is 0.323. The Labute approximate surface area is 204 Å². The maximum absolute atomic E-state index is 14.0. The number of likely N-dealkylation sites (N-methyl/N-ethyl adjacent to an activating group) is 2. The van der Waals surface area contributed by atoms with Crippen molar-refractivity contribution in [2.24, 2.45) is 0 Å². The molecule has 0 saturated carbocycles. The molecule has 0 aliphatic heterocycles. The van der Waals surface area contributed by atoms with E-state index in [0.717, 1.165) is 15.9 Å². The Morgan fingerprint density at radius 1 is 1.09 bits per heavy atom. The molecule has 0 aliphatic rings. The second kappa shape index (κ2) is 11.1. The normalized spacial score (nSPS) is 13.1. The van der Waals surface area contributed by atoms with Crippen LogP contribution in [0.15, 0.2) is 55.1 Å². The molecule has 184 valence electrons. The summed E-state index contributed by atoms with van der Waals surface area (Å²) in [5.74, 6) is -2.34. The van der Waals surface area contributed by atoms with Gasteiger partial charge in [-0.25, -0.2) is 9.18 Å². The van der Waals surface area contributed by atoms with E-state index in [1.807, 2.05) is 0 Å². The van der Waals surface area contributed by atoms with Gasteiger partial charge in [0.05, 0.1) is 15.6 Å². The Kier molecular flexibility index (Phi) is 8.96. The van der Waals surface area contributed by atoms with Crippen LogP contribution in [0.1, 0.15) is 18.4 Å². The number of hydrogen-bond acceptors (Lipinski definition) is 3. The quantitative estimate of drug-likeness (QED) is 0.297. The highest BCUT2D eigenvalue weighted by atomic mass is 35.5. The third-order valence-corrected chi connectivity index (χ3v) is 5.90. The molecule has 11 heteroatoms. The van der Waals surface area contributed by atoms with Crippen LogP contribution in [0.3, 0.4) is 0 Å². The third-order valence-electron chi connectivity index (χ3n) is 5.16. The van der Waals surface area contributed by atoms with Crippen molar-refractivity contribution in [1.82, 2.24) is 9.80 Å². The zero-order valence-corrected chi connectivity index (χ0v) is 19.8. The number of rotatable bonds is 8. The highest BCUT2D eigenvalue weighted by Gasteiger charge is 2.43. The van der Waals surface area contributed by atoms with E-state index in [0.29, 0.717) is 5.56 Å². The molecule has 0 N–H and O–H groups in total. The first-order chi connectivity index (χ1) is 15.8. The van der Waals surface area contributed by atoms with Crippen molar-refractivity contribution < 1.29 is 31.9 Å².